The number of rotatable bonds is 1. The Morgan fingerprint density at radius 3 is 2.83 bits per heavy atom. The van der Waals surface area contributed by atoms with Crippen LogP contribution in [0.3, 0.4) is 0 Å². The lowest BCUT2D eigenvalue weighted by molar-refractivity contribution is 0.101. The SMILES string of the molecule is CC(=O)c1ccc2c(c1)[nH]c(=O)c1cnn(C)c12. The Hall–Kier alpha value is -2.43. The Balaban J connectivity index is 2.53. The number of aromatic amines is 1. The van der Waals surface area contributed by atoms with Crippen molar-refractivity contribution in [2.45, 2.75) is 6.92 Å². The summed E-state index contributed by atoms with van der Waals surface area (Å²) in [5, 5.41) is 5.53. The third-order valence-electron chi connectivity index (χ3n) is 3.11. The van der Waals surface area contributed by atoms with Crippen LogP contribution in [0.1, 0.15) is 17.3 Å². The normalized spacial score (nSPS) is 11.2. The molecule has 0 saturated carbocycles. The van der Waals surface area contributed by atoms with Crippen molar-refractivity contribution in [1.29, 1.82) is 0 Å². The first-order valence-electron chi connectivity index (χ1n) is 5.56. The minimum atomic E-state index is -0.189. The zero-order valence-corrected chi connectivity index (χ0v) is 10.0. The number of nitrogens with one attached hydrogen (secondary N) is 1. The van der Waals surface area contributed by atoms with E-state index in [2.05, 4.69) is 10.1 Å². The van der Waals surface area contributed by atoms with Gasteiger partial charge in [-0.1, -0.05) is 6.07 Å². The zero-order chi connectivity index (χ0) is 12.9. The number of benzene rings is 1. The van der Waals surface area contributed by atoms with Gasteiger partial charge in [0.2, 0.25) is 0 Å². The molecule has 0 amide bonds. The van der Waals surface area contributed by atoms with Crippen LogP contribution in [-0.4, -0.2) is 20.5 Å². The number of hydrogen-bond donors (Lipinski definition) is 1. The van der Waals surface area contributed by atoms with Crippen molar-refractivity contribution in [3.63, 3.8) is 0 Å². The number of H-pyrrole nitrogens is 1. The third-order valence-corrected chi connectivity index (χ3v) is 3.11. The van der Waals surface area contributed by atoms with E-state index in [1.807, 2.05) is 6.07 Å². The van der Waals surface area contributed by atoms with E-state index in [0.717, 1.165) is 10.9 Å². The molecule has 0 aliphatic heterocycles. The minimum Gasteiger partial charge on any atom is -0.321 e. The van der Waals surface area contributed by atoms with E-state index in [9.17, 15) is 9.59 Å². The highest BCUT2D eigenvalue weighted by Gasteiger charge is 2.10. The summed E-state index contributed by atoms with van der Waals surface area (Å²) >= 11 is 0. The van der Waals surface area contributed by atoms with E-state index >= 15 is 0 Å². The standard InChI is InChI=1S/C13H11N3O2/c1-7(17)8-3-4-9-11(5-8)15-13(18)10-6-14-16(2)12(9)10/h3-6H,1-2H3,(H,15,18). The summed E-state index contributed by atoms with van der Waals surface area (Å²) in [6, 6.07) is 5.30. The average Bonchev–Trinajstić information content (AvgIpc) is 2.72. The zero-order valence-electron chi connectivity index (χ0n) is 10.0. The quantitative estimate of drug-likeness (QED) is 0.658. The van der Waals surface area contributed by atoms with Gasteiger partial charge in [0.05, 0.1) is 22.6 Å². The number of nitrogens with zero attached hydrogens (tertiary/aromatic N) is 2. The van der Waals surface area contributed by atoms with E-state index in [1.165, 1.54) is 6.92 Å². The molecule has 2 aromatic heterocycles. The third kappa shape index (κ3) is 1.37. The summed E-state index contributed by atoms with van der Waals surface area (Å²) in [6.07, 6.45) is 1.55. The van der Waals surface area contributed by atoms with Gasteiger partial charge in [0.15, 0.2) is 5.78 Å². The van der Waals surface area contributed by atoms with Gasteiger partial charge >= 0.3 is 0 Å². The summed E-state index contributed by atoms with van der Waals surface area (Å²) in [7, 11) is 1.79. The fourth-order valence-electron chi connectivity index (χ4n) is 2.19. The second-order valence-electron chi connectivity index (χ2n) is 4.30. The molecule has 0 bridgehead atoms. The number of carbonyl (C=O) groups is 1. The summed E-state index contributed by atoms with van der Waals surface area (Å²) in [6.45, 7) is 1.50. The van der Waals surface area contributed by atoms with Crippen LogP contribution in [0, 0.1) is 0 Å². The Morgan fingerprint density at radius 1 is 1.33 bits per heavy atom. The molecule has 1 N–H and O–H groups in total. The van der Waals surface area contributed by atoms with Gasteiger partial charge in [0.1, 0.15) is 0 Å². The van der Waals surface area contributed by atoms with Crippen LogP contribution in [-0.2, 0) is 7.05 Å². The smallest absolute Gasteiger partial charge is 0.259 e. The molecule has 5 nitrogen and oxygen atoms in total. The molecule has 18 heavy (non-hydrogen) atoms. The van der Waals surface area contributed by atoms with Crippen LogP contribution in [0.2, 0.25) is 0 Å². The van der Waals surface area contributed by atoms with E-state index < -0.39 is 0 Å². The van der Waals surface area contributed by atoms with Crippen molar-refractivity contribution in [2.24, 2.45) is 7.05 Å². The van der Waals surface area contributed by atoms with Crippen molar-refractivity contribution in [1.82, 2.24) is 14.8 Å². The highest BCUT2D eigenvalue weighted by Crippen LogP contribution is 2.21. The van der Waals surface area contributed by atoms with Gasteiger partial charge in [0, 0.05) is 18.0 Å². The van der Waals surface area contributed by atoms with E-state index in [-0.39, 0.29) is 11.3 Å². The maximum atomic E-state index is 11.9. The predicted octanol–water partition coefficient (Wildman–Crippen LogP) is 1.62. The highest BCUT2D eigenvalue weighted by atomic mass is 16.1. The number of aromatic nitrogens is 3. The van der Waals surface area contributed by atoms with E-state index in [0.29, 0.717) is 16.5 Å². The van der Waals surface area contributed by atoms with Gasteiger partial charge in [-0.25, -0.2) is 0 Å². The molecule has 0 unspecified atom stereocenters. The second-order valence-corrected chi connectivity index (χ2v) is 4.30. The maximum Gasteiger partial charge on any atom is 0.259 e. The Bertz CT molecular complexity index is 842. The lowest BCUT2D eigenvalue weighted by Gasteiger charge is -2.03. The number of carbonyl (C=O) groups excluding carboxylic acids is 1. The van der Waals surface area contributed by atoms with Crippen LogP contribution in [0.5, 0.6) is 0 Å². The molecular formula is C13H11N3O2. The van der Waals surface area contributed by atoms with Crippen molar-refractivity contribution in [3.8, 4) is 0 Å². The molecule has 1 aromatic carbocycles. The lowest BCUT2D eigenvalue weighted by Crippen LogP contribution is -2.06. The lowest BCUT2D eigenvalue weighted by atomic mass is 10.1. The van der Waals surface area contributed by atoms with Crippen LogP contribution in [0.25, 0.3) is 21.8 Å². The second kappa shape index (κ2) is 3.53. The molecule has 0 aliphatic rings. The molecule has 90 valence electrons. The van der Waals surface area contributed by atoms with Crippen molar-refractivity contribution in [2.75, 3.05) is 0 Å². The van der Waals surface area contributed by atoms with Gasteiger partial charge in [-0.3, -0.25) is 14.3 Å². The van der Waals surface area contributed by atoms with E-state index in [4.69, 9.17) is 0 Å². The molecule has 0 fully saturated rings. The first-order valence-corrected chi connectivity index (χ1v) is 5.56. The molecule has 0 spiro atoms. The monoisotopic (exact) mass is 241 g/mol. The summed E-state index contributed by atoms with van der Waals surface area (Å²) < 4.78 is 1.67. The predicted molar refractivity (Wildman–Crippen MR) is 68.8 cm³/mol. The van der Waals surface area contributed by atoms with Gasteiger partial charge < -0.3 is 4.98 Å². The summed E-state index contributed by atoms with van der Waals surface area (Å²) in [5.41, 5.74) is 1.83. The molecule has 0 radical (unpaired) electrons. The van der Waals surface area contributed by atoms with Gasteiger partial charge in [-0.05, 0) is 19.1 Å². The van der Waals surface area contributed by atoms with Crippen molar-refractivity contribution < 1.29 is 4.79 Å². The molecule has 2 heterocycles. The van der Waals surface area contributed by atoms with Gasteiger partial charge in [-0.15, -0.1) is 0 Å². The maximum absolute atomic E-state index is 11.9. The molecule has 3 aromatic rings. The highest BCUT2D eigenvalue weighted by molar-refractivity contribution is 6.06. The first-order chi connectivity index (χ1) is 8.58. The molecule has 0 saturated heterocycles. The van der Waals surface area contributed by atoms with Crippen LogP contribution in [0.4, 0.5) is 0 Å². The molecule has 0 aliphatic carbocycles. The Kier molecular flexibility index (Phi) is 2.10. The molecule has 3 rings (SSSR count). The fourth-order valence-corrected chi connectivity index (χ4v) is 2.19. The van der Waals surface area contributed by atoms with Crippen LogP contribution < -0.4 is 5.56 Å². The van der Waals surface area contributed by atoms with Crippen molar-refractivity contribution >= 4 is 27.6 Å². The van der Waals surface area contributed by atoms with Crippen LogP contribution in [0.15, 0.2) is 29.2 Å². The van der Waals surface area contributed by atoms with E-state index in [1.54, 1.807) is 30.1 Å². The van der Waals surface area contributed by atoms with Crippen LogP contribution >= 0.6 is 0 Å². The largest absolute Gasteiger partial charge is 0.321 e. The van der Waals surface area contributed by atoms with Crippen molar-refractivity contribution in [3.05, 3.63) is 40.3 Å². The molecule has 5 heteroatoms. The number of pyridine rings is 1. The number of fused-ring (bicyclic) bond motifs is 3. The summed E-state index contributed by atoms with van der Waals surface area (Å²) in [4.78, 5) is 26.0. The number of hydrogen-bond acceptors (Lipinski definition) is 3. The average molecular weight is 241 g/mol. The minimum absolute atomic E-state index is 0.0251. The summed E-state index contributed by atoms with van der Waals surface area (Å²) in [5.74, 6) is -0.0251. The number of ketones is 1. The number of Topliss-reactive ketones (excluding diaryl/α,β-unsaturated/α-hetero) is 1. The molecule has 0 atom stereocenters. The topological polar surface area (TPSA) is 67.8 Å². The first kappa shape index (κ1) is 10.7. The molecular weight excluding hydrogens is 230 g/mol. The van der Waals surface area contributed by atoms with Gasteiger partial charge in [0.25, 0.3) is 5.56 Å². The fraction of sp³-hybridized carbons (Fsp3) is 0.154. The van der Waals surface area contributed by atoms with Gasteiger partial charge in [-0.2, -0.15) is 5.10 Å². The Labute approximate surface area is 102 Å². The number of aryl methyl sites for hydroxylation is 1. The Morgan fingerprint density at radius 2 is 2.11 bits per heavy atom.